The molecule has 0 saturated carbocycles. The summed E-state index contributed by atoms with van der Waals surface area (Å²) in [7, 11) is 0. The van der Waals surface area contributed by atoms with Crippen molar-refractivity contribution >= 4 is 0 Å². The maximum Gasteiger partial charge on any atom is 0 e. The standard InChI is InChI=1S/C9H13.C5H5.Co/c1-3-8-6-5-7-9(8)4-2;1-2-4-5-3-1;/h5-7H,3-4H2,1-2H3;1-5H;/q-1;-5;. The third-order valence-corrected chi connectivity index (χ3v) is 2.32. The Kier molecular flexibility index (Phi) is 8.06. The van der Waals surface area contributed by atoms with E-state index in [1.807, 2.05) is 30.3 Å². The zero-order valence-electron chi connectivity index (χ0n) is 9.37. The molecule has 89 valence electrons. The van der Waals surface area contributed by atoms with Gasteiger partial charge >= 0.3 is 0 Å². The van der Waals surface area contributed by atoms with E-state index in [1.165, 1.54) is 24.0 Å². The molecule has 0 unspecified atom stereocenters. The van der Waals surface area contributed by atoms with Crippen molar-refractivity contribution < 1.29 is 16.8 Å². The molecule has 15 heavy (non-hydrogen) atoms. The summed E-state index contributed by atoms with van der Waals surface area (Å²) in [6, 6.07) is 16.6. The first-order chi connectivity index (χ1) is 6.88. The Hall–Kier alpha value is -0.794. The van der Waals surface area contributed by atoms with Gasteiger partial charge in [-0.25, -0.2) is 12.1 Å². The van der Waals surface area contributed by atoms with E-state index in [0.717, 1.165) is 0 Å². The zero-order chi connectivity index (χ0) is 10.2. The van der Waals surface area contributed by atoms with Gasteiger partial charge in [0.15, 0.2) is 0 Å². The second kappa shape index (κ2) is 8.51. The number of hydrogen-bond donors (Lipinski definition) is 0. The van der Waals surface area contributed by atoms with Crippen LogP contribution in [0.1, 0.15) is 25.0 Å². The maximum absolute atomic E-state index is 2.21. The van der Waals surface area contributed by atoms with Crippen LogP contribution in [0, 0.1) is 0 Å². The van der Waals surface area contributed by atoms with Gasteiger partial charge in [0.05, 0.1) is 0 Å². The van der Waals surface area contributed by atoms with E-state index in [-0.39, 0.29) is 16.8 Å². The van der Waals surface area contributed by atoms with Gasteiger partial charge in [0.1, 0.15) is 0 Å². The molecule has 1 radical (unpaired) electrons. The van der Waals surface area contributed by atoms with E-state index in [9.17, 15) is 0 Å². The van der Waals surface area contributed by atoms with Gasteiger partial charge in [0.25, 0.3) is 0 Å². The van der Waals surface area contributed by atoms with Crippen molar-refractivity contribution in [1.82, 2.24) is 0 Å². The van der Waals surface area contributed by atoms with Crippen LogP contribution in [0.15, 0.2) is 48.5 Å². The van der Waals surface area contributed by atoms with Crippen LogP contribution in [0.25, 0.3) is 0 Å². The predicted octanol–water partition coefficient (Wildman–Crippen LogP) is 3.93. The van der Waals surface area contributed by atoms with Gasteiger partial charge < -0.3 is 30.3 Å². The Balaban J connectivity index is 0.000000280. The van der Waals surface area contributed by atoms with Crippen molar-refractivity contribution in [2.24, 2.45) is 0 Å². The van der Waals surface area contributed by atoms with E-state index in [1.54, 1.807) is 0 Å². The second-order valence-electron chi connectivity index (χ2n) is 3.25. The molecule has 0 fully saturated rings. The summed E-state index contributed by atoms with van der Waals surface area (Å²) in [5.74, 6) is 0. The van der Waals surface area contributed by atoms with Crippen LogP contribution in [0.4, 0.5) is 0 Å². The second-order valence-corrected chi connectivity index (χ2v) is 3.25. The van der Waals surface area contributed by atoms with E-state index >= 15 is 0 Å². The van der Waals surface area contributed by atoms with Crippen molar-refractivity contribution in [3.8, 4) is 0 Å². The first kappa shape index (κ1) is 14.2. The summed E-state index contributed by atoms with van der Waals surface area (Å²) >= 11 is 0. The number of rotatable bonds is 2. The fourth-order valence-electron chi connectivity index (χ4n) is 1.51. The Bertz CT molecular complexity index is 281. The quantitative estimate of drug-likeness (QED) is 0.703. The molecule has 0 bridgehead atoms. The molecule has 0 nitrogen and oxygen atoms in total. The largest absolute Gasteiger partial charge is 0.748 e. The Morgan fingerprint density at radius 3 is 1.93 bits per heavy atom. The molecule has 2 rings (SSSR count). The zero-order valence-corrected chi connectivity index (χ0v) is 10.4. The molecule has 0 heterocycles. The van der Waals surface area contributed by atoms with Gasteiger partial charge in [-0.05, 0) is 0 Å². The molecular formula is C14H18Co-6. The van der Waals surface area contributed by atoms with Gasteiger partial charge in [0, 0.05) is 16.8 Å². The first-order valence-corrected chi connectivity index (χ1v) is 5.28. The third kappa shape index (κ3) is 5.00. The molecule has 0 saturated heterocycles. The SMILES string of the molecule is CCc1ccc[c-]1CC.[Co].[cH-]1[cH-][cH-][cH-][cH-]1. The molecule has 0 aliphatic heterocycles. The third-order valence-electron chi connectivity index (χ3n) is 2.32. The summed E-state index contributed by atoms with van der Waals surface area (Å²) in [6.45, 7) is 4.41. The molecule has 0 aliphatic rings. The van der Waals surface area contributed by atoms with Crippen LogP contribution in [0.5, 0.6) is 0 Å². The topological polar surface area (TPSA) is 0 Å². The van der Waals surface area contributed by atoms with Crippen LogP contribution in [-0.4, -0.2) is 0 Å². The maximum atomic E-state index is 2.21. The molecule has 0 atom stereocenters. The van der Waals surface area contributed by atoms with Gasteiger partial charge in [0.2, 0.25) is 0 Å². The van der Waals surface area contributed by atoms with E-state index in [2.05, 4.69) is 32.0 Å². The van der Waals surface area contributed by atoms with E-state index in [0.29, 0.717) is 0 Å². The van der Waals surface area contributed by atoms with Gasteiger partial charge in [-0.3, -0.25) is 0 Å². The van der Waals surface area contributed by atoms with Gasteiger partial charge in [-0.2, -0.15) is 17.2 Å². The molecule has 0 spiro atoms. The molecule has 2 aromatic rings. The van der Waals surface area contributed by atoms with Crippen molar-refractivity contribution in [1.29, 1.82) is 0 Å². The monoisotopic (exact) mass is 245 g/mol. The Morgan fingerprint density at radius 1 is 1.07 bits per heavy atom. The van der Waals surface area contributed by atoms with E-state index < -0.39 is 0 Å². The summed E-state index contributed by atoms with van der Waals surface area (Å²) < 4.78 is 0. The number of aryl methyl sites for hydroxylation is 2. The average Bonchev–Trinajstić information content (AvgIpc) is 2.91. The number of hydrogen-bond acceptors (Lipinski definition) is 0. The van der Waals surface area contributed by atoms with Crippen LogP contribution < -0.4 is 0 Å². The van der Waals surface area contributed by atoms with Crippen LogP contribution in [0.2, 0.25) is 0 Å². The average molecular weight is 245 g/mol. The van der Waals surface area contributed by atoms with Crippen molar-refractivity contribution in [2.45, 2.75) is 26.7 Å². The molecule has 1 heteroatoms. The Morgan fingerprint density at radius 2 is 1.60 bits per heavy atom. The minimum Gasteiger partial charge on any atom is -0.748 e. The summed E-state index contributed by atoms with van der Waals surface area (Å²) in [6.07, 6.45) is 2.35. The fraction of sp³-hybridized carbons (Fsp3) is 0.286. The summed E-state index contributed by atoms with van der Waals surface area (Å²) in [5.41, 5.74) is 3.02. The summed E-state index contributed by atoms with van der Waals surface area (Å²) in [5, 5.41) is 0. The molecule has 0 aliphatic carbocycles. The normalized spacial score (nSPS) is 8.67. The minimum absolute atomic E-state index is 0. The van der Waals surface area contributed by atoms with Crippen molar-refractivity contribution in [2.75, 3.05) is 0 Å². The predicted molar refractivity (Wildman–Crippen MR) is 62.8 cm³/mol. The molecule has 0 aromatic heterocycles. The van der Waals surface area contributed by atoms with Crippen LogP contribution in [0.3, 0.4) is 0 Å². The van der Waals surface area contributed by atoms with Gasteiger partial charge in [-0.1, -0.05) is 26.7 Å². The molecule has 2 aromatic carbocycles. The Labute approximate surface area is 103 Å². The van der Waals surface area contributed by atoms with Crippen molar-refractivity contribution in [3.05, 3.63) is 59.7 Å². The first-order valence-electron chi connectivity index (χ1n) is 5.28. The van der Waals surface area contributed by atoms with Crippen LogP contribution in [-0.2, 0) is 29.6 Å². The molecule has 0 N–H and O–H groups in total. The van der Waals surface area contributed by atoms with Crippen molar-refractivity contribution in [3.63, 3.8) is 0 Å². The smallest absolute Gasteiger partial charge is 0 e. The minimum atomic E-state index is 0. The molecular weight excluding hydrogens is 227 g/mol. The van der Waals surface area contributed by atoms with Crippen LogP contribution >= 0.6 is 0 Å². The van der Waals surface area contributed by atoms with E-state index in [4.69, 9.17) is 0 Å². The van der Waals surface area contributed by atoms with Gasteiger partial charge in [-0.15, -0.1) is 0 Å². The fourth-order valence-corrected chi connectivity index (χ4v) is 1.51. The summed E-state index contributed by atoms with van der Waals surface area (Å²) in [4.78, 5) is 0. The molecule has 0 amide bonds.